The van der Waals surface area contributed by atoms with E-state index in [0.29, 0.717) is 6.42 Å². The molecule has 2 aliphatic heterocycles. The molecule has 1 amide bonds. The standard InChI is InChI=1S/C17H23N5O/c1-20-11-15-19-8-10-21(15)12-17(20)6-9-22(13-17)16(23)5-4-14-3-2-7-18-14/h2-3,7-8,10,18H,4-6,9,11-13H2,1H3. The number of fused-ring (bicyclic) bond motifs is 1. The number of aromatic nitrogens is 3. The van der Waals surface area contributed by atoms with E-state index in [4.69, 9.17) is 0 Å². The molecule has 1 atom stereocenters. The van der Waals surface area contributed by atoms with Crippen molar-refractivity contribution in [1.29, 1.82) is 0 Å². The van der Waals surface area contributed by atoms with E-state index >= 15 is 0 Å². The Labute approximate surface area is 136 Å². The fourth-order valence-corrected chi connectivity index (χ4v) is 3.89. The van der Waals surface area contributed by atoms with E-state index in [-0.39, 0.29) is 11.4 Å². The number of hydrogen-bond acceptors (Lipinski definition) is 3. The third-order valence-corrected chi connectivity index (χ3v) is 5.41. The first-order valence-electron chi connectivity index (χ1n) is 8.28. The summed E-state index contributed by atoms with van der Waals surface area (Å²) in [5, 5.41) is 0. The number of carbonyl (C=O) groups excluding carboxylic acids is 1. The molecule has 1 fully saturated rings. The molecule has 0 radical (unpaired) electrons. The number of H-pyrrole nitrogens is 1. The maximum Gasteiger partial charge on any atom is 0.223 e. The van der Waals surface area contributed by atoms with E-state index < -0.39 is 0 Å². The van der Waals surface area contributed by atoms with Gasteiger partial charge in [-0.15, -0.1) is 0 Å². The van der Waals surface area contributed by atoms with E-state index in [1.54, 1.807) is 0 Å². The van der Waals surface area contributed by atoms with Gasteiger partial charge in [-0.3, -0.25) is 9.69 Å². The van der Waals surface area contributed by atoms with Crippen LogP contribution in [0.1, 0.15) is 24.4 Å². The minimum absolute atomic E-state index is 0.0653. The van der Waals surface area contributed by atoms with Crippen LogP contribution in [-0.2, 0) is 24.3 Å². The lowest BCUT2D eigenvalue weighted by Gasteiger charge is -2.42. The summed E-state index contributed by atoms with van der Waals surface area (Å²) in [7, 11) is 2.16. The Bertz CT molecular complexity index is 692. The van der Waals surface area contributed by atoms with Crippen LogP contribution in [0, 0.1) is 0 Å². The van der Waals surface area contributed by atoms with Crippen molar-refractivity contribution in [1.82, 2.24) is 24.3 Å². The van der Waals surface area contributed by atoms with Gasteiger partial charge in [-0.2, -0.15) is 0 Å². The average Bonchev–Trinajstić information content (AvgIpc) is 3.27. The predicted molar refractivity (Wildman–Crippen MR) is 86.7 cm³/mol. The van der Waals surface area contributed by atoms with Crippen LogP contribution in [0.2, 0.25) is 0 Å². The van der Waals surface area contributed by atoms with Crippen molar-refractivity contribution in [3.63, 3.8) is 0 Å². The molecule has 0 saturated carbocycles. The van der Waals surface area contributed by atoms with Gasteiger partial charge in [0, 0.05) is 50.3 Å². The minimum atomic E-state index is 0.0653. The van der Waals surface area contributed by atoms with Crippen LogP contribution in [0.4, 0.5) is 0 Å². The number of hydrogen-bond donors (Lipinski definition) is 1. The van der Waals surface area contributed by atoms with Crippen molar-refractivity contribution in [3.05, 3.63) is 42.2 Å². The molecule has 6 heteroatoms. The van der Waals surface area contributed by atoms with E-state index in [0.717, 1.165) is 50.5 Å². The highest BCUT2D eigenvalue weighted by atomic mass is 16.2. The Balaban J connectivity index is 1.41. The quantitative estimate of drug-likeness (QED) is 0.928. The number of carbonyl (C=O) groups is 1. The first-order valence-corrected chi connectivity index (χ1v) is 8.28. The third kappa shape index (κ3) is 2.57. The molecule has 23 heavy (non-hydrogen) atoms. The van der Waals surface area contributed by atoms with Crippen LogP contribution in [0.15, 0.2) is 30.7 Å². The summed E-state index contributed by atoms with van der Waals surface area (Å²) in [5.74, 6) is 1.39. The topological polar surface area (TPSA) is 57.2 Å². The summed E-state index contributed by atoms with van der Waals surface area (Å²) < 4.78 is 2.24. The summed E-state index contributed by atoms with van der Waals surface area (Å²) in [6.45, 7) is 3.47. The van der Waals surface area contributed by atoms with Gasteiger partial charge in [-0.05, 0) is 32.0 Å². The Morgan fingerprint density at radius 3 is 3.17 bits per heavy atom. The highest BCUT2D eigenvalue weighted by Gasteiger charge is 2.45. The summed E-state index contributed by atoms with van der Waals surface area (Å²) in [6.07, 6.45) is 8.24. The fraction of sp³-hybridized carbons (Fsp3) is 0.529. The molecule has 2 aromatic rings. The van der Waals surface area contributed by atoms with Gasteiger partial charge in [0.05, 0.1) is 12.1 Å². The zero-order valence-corrected chi connectivity index (χ0v) is 13.5. The summed E-state index contributed by atoms with van der Waals surface area (Å²) in [4.78, 5) is 24.5. The Morgan fingerprint density at radius 2 is 2.35 bits per heavy atom. The number of amides is 1. The monoisotopic (exact) mass is 313 g/mol. The lowest BCUT2D eigenvalue weighted by Crippen LogP contribution is -2.54. The fourth-order valence-electron chi connectivity index (χ4n) is 3.89. The molecule has 2 aromatic heterocycles. The predicted octanol–water partition coefficient (Wildman–Crippen LogP) is 1.26. The first-order chi connectivity index (χ1) is 11.2. The van der Waals surface area contributed by atoms with Crippen molar-refractivity contribution in [3.8, 4) is 0 Å². The number of aryl methyl sites for hydroxylation is 1. The van der Waals surface area contributed by atoms with E-state index in [1.807, 2.05) is 29.4 Å². The van der Waals surface area contributed by atoms with Crippen LogP contribution >= 0.6 is 0 Å². The van der Waals surface area contributed by atoms with Gasteiger partial charge in [0.25, 0.3) is 0 Å². The molecule has 1 saturated heterocycles. The lowest BCUT2D eigenvalue weighted by atomic mass is 9.94. The largest absolute Gasteiger partial charge is 0.365 e. The van der Waals surface area contributed by atoms with Gasteiger partial charge >= 0.3 is 0 Å². The van der Waals surface area contributed by atoms with Crippen LogP contribution in [0.5, 0.6) is 0 Å². The van der Waals surface area contributed by atoms with Crippen LogP contribution in [0.25, 0.3) is 0 Å². The minimum Gasteiger partial charge on any atom is -0.365 e. The van der Waals surface area contributed by atoms with Crippen molar-refractivity contribution in [2.45, 2.75) is 37.9 Å². The van der Waals surface area contributed by atoms with Gasteiger partial charge in [-0.1, -0.05) is 0 Å². The van der Waals surface area contributed by atoms with E-state index in [2.05, 4.69) is 32.7 Å². The van der Waals surface area contributed by atoms with Crippen molar-refractivity contribution in [2.24, 2.45) is 0 Å². The first kappa shape index (κ1) is 14.5. The van der Waals surface area contributed by atoms with E-state index in [1.165, 1.54) is 0 Å². The molecule has 1 spiro atoms. The SMILES string of the molecule is CN1Cc2nccn2CC12CCN(C(=O)CCc1ccc[nH]1)C2. The van der Waals surface area contributed by atoms with Gasteiger partial charge in [-0.25, -0.2) is 4.98 Å². The van der Waals surface area contributed by atoms with Crippen molar-refractivity contribution < 1.29 is 4.79 Å². The number of nitrogens with one attached hydrogen (secondary N) is 1. The zero-order valence-electron chi connectivity index (χ0n) is 13.5. The average molecular weight is 313 g/mol. The highest BCUT2D eigenvalue weighted by Crippen LogP contribution is 2.33. The molecule has 122 valence electrons. The molecule has 0 aromatic carbocycles. The molecular weight excluding hydrogens is 290 g/mol. The second-order valence-corrected chi connectivity index (χ2v) is 6.81. The smallest absolute Gasteiger partial charge is 0.223 e. The Kier molecular flexibility index (Phi) is 3.49. The second-order valence-electron chi connectivity index (χ2n) is 6.81. The molecule has 4 rings (SSSR count). The van der Waals surface area contributed by atoms with Gasteiger partial charge in [0.2, 0.25) is 5.91 Å². The second kappa shape index (κ2) is 5.53. The number of likely N-dealkylation sites (N-methyl/N-ethyl adjacent to an activating group) is 1. The van der Waals surface area contributed by atoms with Crippen molar-refractivity contribution in [2.75, 3.05) is 20.1 Å². The summed E-state index contributed by atoms with van der Waals surface area (Å²) in [6, 6.07) is 4.01. The number of likely N-dealkylation sites (tertiary alicyclic amines) is 1. The molecular formula is C17H23N5O. The zero-order chi connectivity index (χ0) is 15.9. The van der Waals surface area contributed by atoms with Crippen LogP contribution in [-0.4, -0.2) is 55.9 Å². The number of imidazole rings is 1. The summed E-state index contributed by atoms with van der Waals surface area (Å²) >= 11 is 0. The molecule has 1 N–H and O–H groups in total. The maximum absolute atomic E-state index is 12.5. The molecule has 1 unspecified atom stereocenters. The lowest BCUT2D eigenvalue weighted by molar-refractivity contribution is -0.130. The Hall–Kier alpha value is -2.08. The number of rotatable bonds is 3. The highest BCUT2D eigenvalue weighted by molar-refractivity contribution is 5.77. The van der Waals surface area contributed by atoms with Gasteiger partial charge in [0.15, 0.2) is 0 Å². The molecule has 0 bridgehead atoms. The normalized spacial score (nSPS) is 24.3. The third-order valence-electron chi connectivity index (χ3n) is 5.41. The summed E-state index contributed by atoms with van der Waals surface area (Å²) in [5.41, 5.74) is 1.19. The molecule has 4 heterocycles. The number of aromatic amines is 1. The number of nitrogens with zero attached hydrogens (tertiary/aromatic N) is 4. The Morgan fingerprint density at radius 1 is 1.43 bits per heavy atom. The van der Waals surface area contributed by atoms with E-state index in [9.17, 15) is 4.79 Å². The molecule has 6 nitrogen and oxygen atoms in total. The van der Waals surface area contributed by atoms with Crippen LogP contribution < -0.4 is 0 Å². The van der Waals surface area contributed by atoms with Crippen LogP contribution in [0.3, 0.4) is 0 Å². The van der Waals surface area contributed by atoms with Gasteiger partial charge < -0.3 is 14.5 Å². The maximum atomic E-state index is 12.5. The molecule has 2 aliphatic rings. The van der Waals surface area contributed by atoms with Gasteiger partial charge in [0.1, 0.15) is 5.82 Å². The molecule has 0 aliphatic carbocycles. The van der Waals surface area contributed by atoms with Crippen molar-refractivity contribution >= 4 is 5.91 Å².